The van der Waals surface area contributed by atoms with E-state index < -0.39 is 5.97 Å². The quantitative estimate of drug-likeness (QED) is 0.925. The first kappa shape index (κ1) is 12.2. The van der Waals surface area contributed by atoms with Gasteiger partial charge in [0.25, 0.3) is 0 Å². The number of aryl methyl sites for hydroxylation is 2. The van der Waals surface area contributed by atoms with Crippen molar-refractivity contribution < 1.29 is 14.3 Å². The number of carboxylic acid groups (broad SMARTS) is 1. The lowest BCUT2D eigenvalue weighted by Crippen LogP contribution is -1.98. The molecule has 2 aromatic rings. The van der Waals surface area contributed by atoms with Gasteiger partial charge in [-0.05, 0) is 31.0 Å². The van der Waals surface area contributed by atoms with E-state index in [0.29, 0.717) is 12.0 Å². The summed E-state index contributed by atoms with van der Waals surface area (Å²) in [5.74, 6) is -0.928. The topological polar surface area (TPSA) is 50.4 Å². The standard InChI is InChI=1S/C13H13BrO3/c1-3-4-9-10-6-8(14)5-7(2)11(10)17-12(9)13(15)16/h5-6H,3-4H2,1-2H3,(H,15,16). The predicted molar refractivity (Wildman–Crippen MR) is 69.6 cm³/mol. The summed E-state index contributed by atoms with van der Waals surface area (Å²) >= 11 is 3.43. The molecule has 90 valence electrons. The van der Waals surface area contributed by atoms with Crippen molar-refractivity contribution in [2.45, 2.75) is 26.7 Å². The Bertz CT molecular complexity index is 584. The molecule has 4 heteroatoms. The highest BCUT2D eigenvalue weighted by Crippen LogP contribution is 2.32. The fourth-order valence-electron chi connectivity index (χ4n) is 2.05. The maximum atomic E-state index is 11.2. The van der Waals surface area contributed by atoms with E-state index in [9.17, 15) is 4.79 Å². The minimum atomic E-state index is -1.000. The Morgan fingerprint density at radius 1 is 1.47 bits per heavy atom. The number of hydrogen-bond donors (Lipinski definition) is 1. The van der Waals surface area contributed by atoms with Crippen LogP contribution >= 0.6 is 15.9 Å². The van der Waals surface area contributed by atoms with Crippen LogP contribution in [-0.2, 0) is 6.42 Å². The molecule has 0 aliphatic rings. The van der Waals surface area contributed by atoms with Crippen LogP contribution in [0.3, 0.4) is 0 Å². The molecular formula is C13H13BrO3. The normalized spacial score (nSPS) is 11.0. The van der Waals surface area contributed by atoms with Gasteiger partial charge >= 0.3 is 5.97 Å². The first-order chi connectivity index (χ1) is 8.04. The third kappa shape index (κ3) is 2.09. The summed E-state index contributed by atoms with van der Waals surface area (Å²) in [4.78, 5) is 11.2. The second-order valence-electron chi connectivity index (χ2n) is 4.06. The van der Waals surface area contributed by atoms with Crippen LogP contribution in [0.4, 0.5) is 0 Å². The van der Waals surface area contributed by atoms with Gasteiger partial charge in [-0.1, -0.05) is 29.3 Å². The van der Waals surface area contributed by atoms with E-state index in [1.165, 1.54) is 0 Å². The molecule has 0 unspecified atom stereocenters. The van der Waals surface area contributed by atoms with Gasteiger partial charge in [0.1, 0.15) is 5.58 Å². The molecule has 17 heavy (non-hydrogen) atoms. The van der Waals surface area contributed by atoms with Crippen LogP contribution in [0.15, 0.2) is 21.0 Å². The summed E-state index contributed by atoms with van der Waals surface area (Å²) in [5.41, 5.74) is 2.41. The van der Waals surface area contributed by atoms with Gasteiger partial charge in [-0.25, -0.2) is 4.79 Å². The number of carboxylic acids is 1. The Balaban J connectivity index is 2.79. The Morgan fingerprint density at radius 2 is 2.18 bits per heavy atom. The van der Waals surface area contributed by atoms with Gasteiger partial charge in [-0.2, -0.15) is 0 Å². The lowest BCUT2D eigenvalue weighted by Gasteiger charge is -1.98. The third-order valence-electron chi connectivity index (χ3n) is 2.74. The summed E-state index contributed by atoms with van der Waals surface area (Å²) < 4.78 is 6.42. The number of furan rings is 1. The Labute approximate surface area is 108 Å². The third-order valence-corrected chi connectivity index (χ3v) is 3.19. The number of fused-ring (bicyclic) bond motifs is 1. The van der Waals surface area contributed by atoms with Crippen molar-refractivity contribution in [1.29, 1.82) is 0 Å². The molecule has 0 saturated carbocycles. The van der Waals surface area contributed by atoms with Crippen molar-refractivity contribution >= 4 is 32.9 Å². The van der Waals surface area contributed by atoms with E-state index in [2.05, 4.69) is 15.9 Å². The zero-order valence-corrected chi connectivity index (χ0v) is 11.3. The highest BCUT2D eigenvalue weighted by atomic mass is 79.9. The monoisotopic (exact) mass is 296 g/mol. The van der Waals surface area contributed by atoms with Gasteiger partial charge in [-0.15, -0.1) is 0 Å². The van der Waals surface area contributed by atoms with Gasteiger partial charge < -0.3 is 9.52 Å². The van der Waals surface area contributed by atoms with Crippen LogP contribution in [0.1, 0.15) is 35.0 Å². The first-order valence-electron chi connectivity index (χ1n) is 5.49. The SMILES string of the molecule is CCCc1c(C(=O)O)oc2c(C)cc(Br)cc12. The Kier molecular flexibility index (Phi) is 3.24. The van der Waals surface area contributed by atoms with E-state index in [4.69, 9.17) is 9.52 Å². The largest absolute Gasteiger partial charge is 0.475 e. The van der Waals surface area contributed by atoms with Crippen LogP contribution < -0.4 is 0 Å². The first-order valence-corrected chi connectivity index (χ1v) is 6.28. The minimum Gasteiger partial charge on any atom is -0.475 e. The van der Waals surface area contributed by atoms with E-state index in [0.717, 1.165) is 27.4 Å². The molecular weight excluding hydrogens is 284 g/mol. The molecule has 0 spiro atoms. The highest BCUT2D eigenvalue weighted by molar-refractivity contribution is 9.10. The summed E-state index contributed by atoms with van der Waals surface area (Å²) in [6.45, 7) is 3.94. The molecule has 0 aliphatic heterocycles. The smallest absolute Gasteiger partial charge is 0.372 e. The zero-order chi connectivity index (χ0) is 12.6. The van der Waals surface area contributed by atoms with Crippen molar-refractivity contribution in [1.82, 2.24) is 0 Å². The Morgan fingerprint density at radius 3 is 2.76 bits per heavy atom. The van der Waals surface area contributed by atoms with E-state index >= 15 is 0 Å². The molecule has 0 saturated heterocycles. The molecule has 2 rings (SSSR count). The number of benzene rings is 1. The number of hydrogen-bond acceptors (Lipinski definition) is 2. The fraction of sp³-hybridized carbons (Fsp3) is 0.308. The highest BCUT2D eigenvalue weighted by Gasteiger charge is 2.20. The van der Waals surface area contributed by atoms with Crippen molar-refractivity contribution in [2.24, 2.45) is 0 Å². The van der Waals surface area contributed by atoms with E-state index in [1.807, 2.05) is 26.0 Å². The van der Waals surface area contributed by atoms with Crippen molar-refractivity contribution in [3.8, 4) is 0 Å². The molecule has 1 aromatic heterocycles. The second kappa shape index (κ2) is 4.53. The summed E-state index contributed by atoms with van der Waals surface area (Å²) in [6, 6.07) is 3.84. The molecule has 0 fully saturated rings. The lowest BCUT2D eigenvalue weighted by molar-refractivity contribution is 0.0663. The summed E-state index contributed by atoms with van der Waals surface area (Å²) in [6.07, 6.45) is 1.60. The Hall–Kier alpha value is -1.29. The predicted octanol–water partition coefficient (Wildman–Crippen LogP) is 4.15. The molecule has 0 aliphatic carbocycles. The molecule has 1 heterocycles. The minimum absolute atomic E-state index is 0.0723. The zero-order valence-electron chi connectivity index (χ0n) is 9.71. The molecule has 1 aromatic carbocycles. The lowest BCUT2D eigenvalue weighted by atomic mass is 10.0. The number of halogens is 1. The van der Waals surface area contributed by atoms with Crippen LogP contribution in [-0.4, -0.2) is 11.1 Å². The summed E-state index contributed by atoms with van der Waals surface area (Å²) in [5, 5.41) is 10.0. The number of carbonyl (C=O) groups is 1. The van der Waals surface area contributed by atoms with Crippen molar-refractivity contribution in [3.63, 3.8) is 0 Å². The molecule has 0 radical (unpaired) electrons. The summed E-state index contributed by atoms with van der Waals surface area (Å²) in [7, 11) is 0. The van der Waals surface area contributed by atoms with E-state index in [-0.39, 0.29) is 5.76 Å². The molecule has 0 amide bonds. The number of rotatable bonds is 3. The average molecular weight is 297 g/mol. The van der Waals surface area contributed by atoms with Crippen molar-refractivity contribution in [3.05, 3.63) is 33.5 Å². The van der Waals surface area contributed by atoms with Crippen molar-refractivity contribution in [2.75, 3.05) is 0 Å². The molecule has 0 bridgehead atoms. The molecule has 3 nitrogen and oxygen atoms in total. The maximum Gasteiger partial charge on any atom is 0.372 e. The maximum absolute atomic E-state index is 11.2. The van der Waals surface area contributed by atoms with Crippen LogP contribution in [0.2, 0.25) is 0 Å². The van der Waals surface area contributed by atoms with Crippen LogP contribution in [0.25, 0.3) is 11.0 Å². The van der Waals surface area contributed by atoms with Crippen LogP contribution in [0.5, 0.6) is 0 Å². The average Bonchev–Trinajstić information content (AvgIpc) is 2.58. The van der Waals surface area contributed by atoms with Crippen LogP contribution in [0, 0.1) is 6.92 Å². The molecule has 1 N–H and O–H groups in total. The fourth-order valence-corrected chi connectivity index (χ4v) is 2.62. The van der Waals surface area contributed by atoms with Gasteiger partial charge in [0, 0.05) is 15.4 Å². The van der Waals surface area contributed by atoms with Gasteiger partial charge in [0.05, 0.1) is 0 Å². The molecule has 0 atom stereocenters. The second-order valence-corrected chi connectivity index (χ2v) is 4.98. The van der Waals surface area contributed by atoms with Gasteiger partial charge in [-0.3, -0.25) is 0 Å². The van der Waals surface area contributed by atoms with E-state index in [1.54, 1.807) is 0 Å². The van der Waals surface area contributed by atoms with Gasteiger partial charge in [0.2, 0.25) is 5.76 Å². The number of aromatic carboxylic acids is 1. The van der Waals surface area contributed by atoms with Gasteiger partial charge in [0.15, 0.2) is 0 Å².